The number of nitrogens with two attached hydrogens (primary N) is 1. The number of rotatable bonds is 5. The molecule has 0 aromatic heterocycles. The van der Waals surface area contributed by atoms with Crippen molar-refractivity contribution in [2.75, 3.05) is 6.54 Å². The summed E-state index contributed by atoms with van der Waals surface area (Å²) in [6.07, 6.45) is 5.46. The third-order valence-corrected chi connectivity index (χ3v) is 4.24. The van der Waals surface area contributed by atoms with Crippen LogP contribution in [-0.2, 0) is 6.54 Å². The van der Waals surface area contributed by atoms with Gasteiger partial charge < -0.3 is 11.1 Å². The summed E-state index contributed by atoms with van der Waals surface area (Å²) in [5.74, 6) is 1.27. The molecule has 0 saturated heterocycles. The Morgan fingerprint density at radius 1 is 1.37 bits per heavy atom. The predicted octanol–water partition coefficient (Wildman–Crippen LogP) is 2.70. The maximum absolute atomic E-state index is 11.1. The Morgan fingerprint density at radius 3 is 2.89 bits per heavy atom. The molecule has 0 radical (unpaired) electrons. The number of amides is 1. The number of carbonyl (C=O) groups excluding carboxylic acids is 1. The molecular formula is C16H24N2O. The lowest BCUT2D eigenvalue weighted by atomic mass is 9.80. The van der Waals surface area contributed by atoms with E-state index in [1.165, 1.54) is 25.7 Å². The standard InChI is InChI=1S/C16H24N2O/c1-12-5-2-3-7-15(12)11-18-10-13-6-4-8-14(9-13)16(17)19/h4,6,8-9,12,15,18H,2-3,5,7,10-11H2,1H3,(H2,17,19). The van der Waals surface area contributed by atoms with Gasteiger partial charge in [-0.3, -0.25) is 4.79 Å². The van der Waals surface area contributed by atoms with Crippen molar-refractivity contribution < 1.29 is 4.79 Å². The van der Waals surface area contributed by atoms with E-state index in [1.54, 1.807) is 6.07 Å². The van der Waals surface area contributed by atoms with E-state index in [1.807, 2.05) is 18.2 Å². The number of carbonyl (C=O) groups is 1. The Kier molecular flexibility index (Phi) is 4.97. The minimum absolute atomic E-state index is 0.359. The third kappa shape index (κ3) is 4.06. The van der Waals surface area contributed by atoms with Crippen molar-refractivity contribution in [3.8, 4) is 0 Å². The number of hydrogen-bond donors (Lipinski definition) is 2. The van der Waals surface area contributed by atoms with Crippen LogP contribution in [0.3, 0.4) is 0 Å². The number of benzene rings is 1. The van der Waals surface area contributed by atoms with Gasteiger partial charge in [-0.25, -0.2) is 0 Å². The van der Waals surface area contributed by atoms with E-state index in [0.717, 1.165) is 30.5 Å². The van der Waals surface area contributed by atoms with Crippen molar-refractivity contribution in [2.45, 2.75) is 39.2 Å². The van der Waals surface area contributed by atoms with Crippen molar-refractivity contribution in [3.05, 3.63) is 35.4 Å². The molecule has 3 heteroatoms. The Balaban J connectivity index is 1.82. The van der Waals surface area contributed by atoms with Crippen LogP contribution >= 0.6 is 0 Å². The van der Waals surface area contributed by atoms with Gasteiger partial charge in [0.25, 0.3) is 0 Å². The molecule has 1 aromatic carbocycles. The molecule has 3 nitrogen and oxygen atoms in total. The summed E-state index contributed by atoms with van der Waals surface area (Å²) in [5.41, 5.74) is 7.00. The fourth-order valence-electron chi connectivity index (χ4n) is 2.93. The van der Waals surface area contributed by atoms with Crippen LogP contribution in [0.5, 0.6) is 0 Å². The number of primary amides is 1. The maximum atomic E-state index is 11.1. The van der Waals surface area contributed by atoms with Crippen LogP contribution < -0.4 is 11.1 Å². The van der Waals surface area contributed by atoms with Crippen molar-refractivity contribution >= 4 is 5.91 Å². The topological polar surface area (TPSA) is 55.1 Å². The first kappa shape index (κ1) is 14.1. The van der Waals surface area contributed by atoms with E-state index in [0.29, 0.717) is 5.56 Å². The van der Waals surface area contributed by atoms with Crippen LogP contribution in [0.2, 0.25) is 0 Å². The first-order valence-corrected chi connectivity index (χ1v) is 7.26. The van der Waals surface area contributed by atoms with Gasteiger partial charge in [0.1, 0.15) is 0 Å². The molecule has 1 amide bonds. The second-order valence-corrected chi connectivity index (χ2v) is 5.72. The van der Waals surface area contributed by atoms with E-state index in [2.05, 4.69) is 12.2 Å². The molecule has 2 atom stereocenters. The molecule has 3 N–H and O–H groups in total. The molecule has 2 unspecified atom stereocenters. The highest BCUT2D eigenvalue weighted by molar-refractivity contribution is 5.92. The molecule has 1 aliphatic carbocycles. The predicted molar refractivity (Wildman–Crippen MR) is 77.8 cm³/mol. The number of hydrogen-bond acceptors (Lipinski definition) is 2. The van der Waals surface area contributed by atoms with E-state index < -0.39 is 0 Å². The van der Waals surface area contributed by atoms with Gasteiger partial charge in [0.05, 0.1) is 0 Å². The highest BCUT2D eigenvalue weighted by atomic mass is 16.1. The summed E-state index contributed by atoms with van der Waals surface area (Å²) in [6.45, 7) is 4.24. The van der Waals surface area contributed by atoms with Crippen LogP contribution in [0.15, 0.2) is 24.3 Å². The lowest BCUT2D eigenvalue weighted by Crippen LogP contribution is -2.29. The summed E-state index contributed by atoms with van der Waals surface area (Å²) in [7, 11) is 0. The summed E-state index contributed by atoms with van der Waals surface area (Å²) >= 11 is 0. The van der Waals surface area contributed by atoms with Gasteiger partial charge >= 0.3 is 0 Å². The van der Waals surface area contributed by atoms with Crippen molar-refractivity contribution in [1.29, 1.82) is 0 Å². The molecule has 19 heavy (non-hydrogen) atoms. The summed E-state index contributed by atoms with van der Waals surface area (Å²) in [5, 5.41) is 3.52. The molecule has 0 bridgehead atoms. The maximum Gasteiger partial charge on any atom is 0.248 e. The first-order chi connectivity index (χ1) is 9.16. The zero-order valence-electron chi connectivity index (χ0n) is 11.7. The molecule has 1 aliphatic rings. The first-order valence-electron chi connectivity index (χ1n) is 7.26. The number of nitrogens with one attached hydrogen (secondary N) is 1. The largest absolute Gasteiger partial charge is 0.366 e. The van der Waals surface area contributed by atoms with Crippen LogP contribution in [0.4, 0.5) is 0 Å². The van der Waals surface area contributed by atoms with Crippen LogP contribution in [0, 0.1) is 11.8 Å². The summed E-state index contributed by atoms with van der Waals surface area (Å²) < 4.78 is 0. The van der Waals surface area contributed by atoms with E-state index >= 15 is 0 Å². The van der Waals surface area contributed by atoms with Crippen molar-refractivity contribution in [3.63, 3.8) is 0 Å². The molecule has 1 aromatic rings. The average molecular weight is 260 g/mol. The van der Waals surface area contributed by atoms with Gasteiger partial charge in [-0.2, -0.15) is 0 Å². The molecule has 0 heterocycles. The SMILES string of the molecule is CC1CCCCC1CNCc1cccc(C(N)=O)c1. The van der Waals surface area contributed by atoms with Crippen molar-refractivity contribution in [1.82, 2.24) is 5.32 Å². The molecule has 1 saturated carbocycles. The fraction of sp³-hybridized carbons (Fsp3) is 0.562. The quantitative estimate of drug-likeness (QED) is 0.855. The Hall–Kier alpha value is -1.35. The van der Waals surface area contributed by atoms with Gasteiger partial charge in [-0.05, 0) is 42.5 Å². The van der Waals surface area contributed by atoms with Gasteiger partial charge in [0.15, 0.2) is 0 Å². The summed E-state index contributed by atoms with van der Waals surface area (Å²) in [6, 6.07) is 7.55. The van der Waals surface area contributed by atoms with Gasteiger partial charge in [0, 0.05) is 12.1 Å². The van der Waals surface area contributed by atoms with Crippen LogP contribution in [0.25, 0.3) is 0 Å². The molecular weight excluding hydrogens is 236 g/mol. The lowest BCUT2D eigenvalue weighted by molar-refractivity contribution is 0.1000. The smallest absolute Gasteiger partial charge is 0.248 e. The van der Waals surface area contributed by atoms with Gasteiger partial charge in [-0.1, -0.05) is 38.3 Å². The van der Waals surface area contributed by atoms with Crippen LogP contribution in [-0.4, -0.2) is 12.5 Å². The minimum atomic E-state index is -0.359. The van der Waals surface area contributed by atoms with E-state index in [-0.39, 0.29) is 5.91 Å². The Labute approximate surface area is 115 Å². The molecule has 0 aliphatic heterocycles. The second kappa shape index (κ2) is 6.71. The molecule has 2 rings (SSSR count). The second-order valence-electron chi connectivity index (χ2n) is 5.72. The highest BCUT2D eigenvalue weighted by Crippen LogP contribution is 2.28. The van der Waals surface area contributed by atoms with Gasteiger partial charge in [0.2, 0.25) is 5.91 Å². The fourth-order valence-corrected chi connectivity index (χ4v) is 2.93. The summed E-state index contributed by atoms with van der Waals surface area (Å²) in [4.78, 5) is 11.1. The Bertz CT molecular complexity index is 431. The monoisotopic (exact) mass is 260 g/mol. The van der Waals surface area contributed by atoms with E-state index in [4.69, 9.17) is 5.73 Å². The highest BCUT2D eigenvalue weighted by Gasteiger charge is 2.20. The normalized spacial score (nSPS) is 23.2. The zero-order chi connectivity index (χ0) is 13.7. The van der Waals surface area contributed by atoms with Crippen LogP contribution in [0.1, 0.15) is 48.5 Å². The Morgan fingerprint density at radius 2 is 2.16 bits per heavy atom. The zero-order valence-corrected chi connectivity index (χ0v) is 11.7. The lowest BCUT2D eigenvalue weighted by Gasteiger charge is -2.28. The average Bonchev–Trinajstić information content (AvgIpc) is 2.41. The minimum Gasteiger partial charge on any atom is -0.366 e. The van der Waals surface area contributed by atoms with Crippen molar-refractivity contribution in [2.24, 2.45) is 17.6 Å². The molecule has 104 valence electrons. The third-order valence-electron chi connectivity index (χ3n) is 4.24. The van der Waals surface area contributed by atoms with E-state index in [9.17, 15) is 4.79 Å². The molecule has 0 spiro atoms. The van der Waals surface area contributed by atoms with Gasteiger partial charge in [-0.15, -0.1) is 0 Å². The molecule has 1 fully saturated rings.